The van der Waals surface area contributed by atoms with Crippen LogP contribution in [0.5, 0.6) is 5.75 Å². The Hall–Kier alpha value is -2.53. The van der Waals surface area contributed by atoms with Gasteiger partial charge in [0.05, 0.1) is 22.4 Å². The monoisotopic (exact) mass is 426 g/mol. The molecule has 0 spiro atoms. The number of ether oxygens (including phenoxy) is 1. The van der Waals surface area contributed by atoms with Crippen LogP contribution < -0.4 is 10.1 Å². The predicted molar refractivity (Wildman–Crippen MR) is 101 cm³/mol. The normalized spacial score (nSPS) is 12.2. The van der Waals surface area contributed by atoms with Gasteiger partial charge in [0.25, 0.3) is 5.22 Å². The fourth-order valence-corrected chi connectivity index (χ4v) is 3.48. The maximum absolute atomic E-state index is 12.3. The highest BCUT2D eigenvalue weighted by Gasteiger charge is 2.19. The van der Waals surface area contributed by atoms with E-state index in [0.29, 0.717) is 18.0 Å². The lowest BCUT2D eigenvalue weighted by atomic mass is 10.3. The molecular formula is C17H16F2N4O3S2. The van der Waals surface area contributed by atoms with Crippen LogP contribution >= 0.6 is 23.1 Å². The summed E-state index contributed by atoms with van der Waals surface area (Å²) in [6.07, 6.45) is 0.436. The number of halogens is 2. The first-order valence-electron chi connectivity index (χ1n) is 8.15. The topological polar surface area (TPSA) is 90.1 Å². The molecule has 0 bridgehead atoms. The van der Waals surface area contributed by atoms with Crippen molar-refractivity contribution in [2.45, 2.75) is 37.4 Å². The molecule has 0 saturated carbocycles. The van der Waals surface area contributed by atoms with E-state index in [2.05, 4.69) is 25.2 Å². The van der Waals surface area contributed by atoms with E-state index in [0.717, 1.165) is 22.5 Å². The fraction of sp³-hybridized carbons (Fsp3) is 0.294. The number of thiazole rings is 1. The molecule has 0 fully saturated rings. The van der Waals surface area contributed by atoms with Crippen LogP contribution in [0, 0.1) is 6.92 Å². The Bertz CT molecular complexity index is 931. The first-order chi connectivity index (χ1) is 13.4. The minimum atomic E-state index is -2.89. The molecule has 0 saturated heterocycles. The molecule has 0 aliphatic rings. The van der Waals surface area contributed by atoms with Gasteiger partial charge in [0.2, 0.25) is 11.8 Å². The van der Waals surface area contributed by atoms with Crippen molar-refractivity contribution in [2.75, 3.05) is 5.32 Å². The Kier molecular flexibility index (Phi) is 6.57. The van der Waals surface area contributed by atoms with Crippen molar-refractivity contribution in [1.29, 1.82) is 0 Å². The third-order valence-electron chi connectivity index (χ3n) is 3.44. The number of benzene rings is 1. The Labute approximate surface area is 167 Å². The lowest BCUT2D eigenvalue weighted by molar-refractivity contribution is -0.115. The van der Waals surface area contributed by atoms with E-state index in [9.17, 15) is 13.6 Å². The minimum absolute atomic E-state index is 0.0177. The van der Waals surface area contributed by atoms with E-state index in [-0.39, 0.29) is 16.9 Å². The molecule has 1 aromatic carbocycles. The van der Waals surface area contributed by atoms with Gasteiger partial charge in [-0.1, -0.05) is 11.8 Å². The molecule has 0 aliphatic carbocycles. The number of nitrogens with zero attached hydrogens (tertiary/aromatic N) is 3. The molecule has 148 valence electrons. The van der Waals surface area contributed by atoms with Crippen LogP contribution in [-0.2, 0) is 11.2 Å². The van der Waals surface area contributed by atoms with Crippen LogP contribution in [0.1, 0.15) is 23.5 Å². The van der Waals surface area contributed by atoms with Gasteiger partial charge >= 0.3 is 6.61 Å². The largest absolute Gasteiger partial charge is 0.435 e. The van der Waals surface area contributed by atoms with Crippen molar-refractivity contribution in [2.24, 2.45) is 0 Å². The number of carbonyl (C=O) groups excluding carboxylic acids is 1. The summed E-state index contributed by atoms with van der Waals surface area (Å²) in [6, 6.07) is 5.66. The summed E-state index contributed by atoms with van der Waals surface area (Å²) >= 11 is 2.67. The van der Waals surface area contributed by atoms with Crippen molar-refractivity contribution in [3.63, 3.8) is 0 Å². The maximum Gasteiger partial charge on any atom is 0.387 e. The third kappa shape index (κ3) is 5.73. The van der Waals surface area contributed by atoms with E-state index in [1.54, 1.807) is 18.3 Å². The second kappa shape index (κ2) is 9.11. The highest BCUT2D eigenvalue weighted by atomic mass is 32.2. The Morgan fingerprint density at radius 1 is 1.32 bits per heavy atom. The van der Waals surface area contributed by atoms with Crippen molar-refractivity contribution in [3.8, 4) is 5.75 Å². The number of amides is 1. The van der Waals surface area contributed by atoms with Gasteiger partial charge in [-0.3, -0.25) is 4.79 Å². The number of nitrogens with one attached hydrogen (secondary N) is 1. The highest BCUT2D eigenvalue weighted by molar-refractivity contribution is 8.00. The second-order valence-electron chi connectivity index (χ2n) is 5.65. The molecule has 28 heavy (non-hydrogen) atoms. The van der Waals surface area contributed by atoms with Crippen LogP contribution in [-0.4, -0.2) is 32.9 Å². The predicted octanol–water partition coefficient (Wildman–Crippen LogP) is 4.15. The van der Waals surface area contributed by atoms with E-state index in [4.69, 9.17) is 4.42 Å². The highest BCUT2D eigenvalue weighted by Crippen LogP contribution is 2.24. The van der Waals surface area contributed by atoms with Crippen LogP contribution in [0.15, 0.2) is 39.3 Å². The average molecular weight is 426 g/mol. The number of aromatic nitrogens is 3. The van der Waals surface area contributed by atoms with E-state index in [1.165, 1.54) is 24.3 Å². The van der Waals surface area contributed by atoms with E-state index >= 15 is 0 Å². The molecule has 3 rings (SSSR count). The van der Waals surface area contributed by atoms with Crippen LogP contribution in [0.3, 0.4) is 0 Å². The van der Waals surface area contributed by atoms with E-state index < -0.39 is 11.9 Å². The lowest BCUT2D eigenvalue weighted by Crippen LogP contribution is -2.22. The van der Waals surface area contributed by atoms with Gasteiger partial charge in [0, 0.05) is 11.1 Å². The zero-order valence-corrected chi connectivity index (χ0v) is 16.5. The molecule has 1 amide bonds. The zero-order valence-electron chi connectivity index (χ0n) is 14.9. The summed E-state index contributed by atoms with van der Waals surface area (Å²) in [5, 5.41) is 13.3. The summed E-state index contributed by atoms with van der Waals surface area (Å²) in [7, 11) is 0. The quantitative estimate of drug-likeness (QED) is 0.541. The average Bonchev–Trinajstić information content (AvgIpc) is 3.25. The molecular weight excluding hydrogens is 410 g/mol. The Balaban J connectivity index is 1.52. The number of alkyl halides is 2. The molecule has 3 aromatic rings. The maximum atomic E-state index is 12.3. The van der Waals surface area contributed by atoms with Gasteiger partial charge < -0.3 is 14.5 Å². The van der Waals surface area contributed by atoms with Crippen molar-refractivity contribution in [3.05, 3.63) is 46.2 Å². The number of hydrogen-bond donors (Lipinski definition) is 1. The molecule has 2 aromatic heterocycles. The van der Waals surface area contributed by atoms with Gasteiger partial charge in [0.15, 0.2) is 0 Å². The molecule has 0 radical (unpaired) electrons. The first-order valence-corrected chi connectivity index (χ1v) is 9.91. The number of thioether (sulfide) groups is 1. The number of rotatable bonds is 8. The standard InChI is InChI=1S/C17H16F2N4O3S2/c1-9(15(24)21-11-3-5-13(6-4-11)25-16(18)19)28-17-23-22-14(26-17)7-12-8-27-10(2)20-12/h3-6,8-9,16H,7H2,1-2H3,(H,21,24). The molecule has 0 aliphatic heterocycles. The van der Waals surface area contributed by atoms with Crippen molar-refractivity contribution < 1.29 is 22.7 Å². The molecule has 7 nitrogen and oxygen atoms in total. The van der Waals surface area contributed by atoms with E-state index in [1.807, 2.05) is 12.3 Å². The number of anilines is 1. The lowest BCUT2D eigenvalue weighted by Gasteiger charge is -2.10. The molecule has 1 unspecified atom stereocenters. The SMILES string of the molecule is Cc1nc(Cc2nnc(SC(C)C(=O)Nc3ccc(OC(F)F)cc3)o2)cs1. The zero-order chi connectivity index (χ0) is 20.1. The number of carbonyl (C=O) groups is 1. The fourth-order valence-electron chi connectivity index (χ4n) is 2.17. The molecule has 1 atom stereocenters. The molecule has 11 heteroatoms. The van der Waals surface area contributed by atoms with Gasteiger partial charge in [0.1, 0.15) is 5.75 Å². The number of aryl methyl sites for hydroxylation is 1. The van der Waals surface area contributed by atoms with Crippen LogP contribution in [0.2, 0.25) is 0 Å². The van der Waals surface area contributed by atoms with Crippen molar-refractivity contribution in [1.82, 2.24) is 15.2 Å². The van der Waals surface area contributed by atoms with Gasteiger partial charge in [-0.2, -0.15) is 8.78 Å². The minimum Gasteiger partial charge on any atom is -0.435 e. The Morgan fingerprint density at radius 3 is 2.71 bits per heavy atom. The van der Waals surface area contributed by atoms with Gasteiger partial charge in [-0.15, -0.1) is 21.5 Å². The van der Waals surface area contributed by atoms with Gasteiger partial charge in [-0.25, -0.2) is 4.98 Å². The molecule has 2 heterocycles. The molecule has 1 N–H and O–H groups in total. The third-order valence-corrected chi connectivity index (χ3v) is 5.20. The summed E-state index contributed by atoms with van der Waals surface area (Å²) < 4.78 is 34.1. The summed E-state index contributed by atoms with van der Waals surface area (Å²) in [5.41, 5.74) is 1.32. The van der Waals surface area contributed by atoms with Crippen LogP contribution in [0.25, 0.3) is 0 Å². The van der Waals surface area contributed by atoms with Gasteiger partial charge in [-0.05, 0) is 38.1 Å². The first kappa shape index (κ1) is 20.2. The Morgan fingerprint density at radius 2 is 2.07 bits per heavy atom. The second-order valence-corrected chi connectivity index (χ2v) is 8.00. The van der Waals surface area contributed by atoms with Crippen LogP contribution in [0.4, 0.5) is 14.5 Å². The summed E-state index contributed by atoms with van der Waals surface area (Å²) in [6.45, 7) is 0.723. The smallest absolute Gasteiger partial charge is 0.387 e. The summed E-state index contributed by atoms with van der Waals surface area (Å²) in [4.78, 5) is 16.6. The van der Waals surface area contributed by atoms with Crippen molar-refractivity contribution >= 4 is 34.7 Å². The number of hydrogen-bond acceptors (Lipinski definition) is 8. The summed E-state index contributed by atoms with van der Waals surface area (Å²) in [5.74, 6) is 0.154.